The van der Waals surface area contributed by atoms with Crippen LogP contribution in [0, 0.1) is 12.3 Å². The van der Waals surface area contributed by atoms with Crippen LogP contribution in [-0.4, -0.2) is 43.3 Å². The molecule has 1 aromatic heterocycles. The first kappa shape index (κ1) is 25.7. The highest BCUT2D eigenvalue weighted by Crippen LogP contribution is 2.31. The summed E-state index contributed by atoms with van der Waals surface area (Å²) in [6.45, 7) is 3.50. The lowest BCUT2D eigenvalue weighted by atomic mass is 10.1. The third kappa shape index (κ3) is 5.56. The van der Waals surface area contributed by atoms with E-state index in [1.54, 1.807) is 56.3 Å². The molecule has 0 bridgehead atoms. The van der Waals surface area contributed by atoms with Crippen molar-refractivity contribution in [3.8, 4) is 0 Å². The first-order valence-electron chi connectivity index (χ1n) is 11.6. The Kier molecular flexibility index (Phi) is 7.44. The van der Waals surface area contributed by atoms with Gasteiger partial charge in [-0.15, -0.1) is 0 Å². The summed E-state index contributed by atoms with van der Waals surface area (Å²) in [5.74, 6) is -0.000595. The number of aryl methyl sites for hydroxylation is 1. The van der Waals surface area contributed by atoms with Gasteiger partial charge in [-0.2, -0.15) is 0 Å². The van der Waals surface area contributed by atoms with E-state index in [1.807, 2.05) is 12.1 Å². The predicted molar refractivity (Wildman–Crippen MR) is 143 cm³/mol. The molecule has 1 heterocycles. The van der Waals surface area contributed by atoms with Gasteiger partial charge in [0, 0.05) is 16.8 Å². The van der Waals surface area contributed by atoms with Crippen molar-refractivity contribution in [3.05, 3.63) is 83.7 Å². The SMILES string of the molecule is CCOC(=O)CN(c1ccc2[nH]c(CNc3ccc(C(=N)N)cc3)nc2c1C)S(=O)(=O)c1ccccc1. The van der Waals surface area contributed by atoms with Gasteiger partial charge in [0.25, 0.3) is 10.0 Å². The van der Waals surface area contributed by atoms with Gasteiger partial charge in [0.2, 0.25) is 0 Å². The standard InChI is InChI=1S/C26H28N6O4S/c1-3-36-24(33)16-32(37(34,35)20-7-5-4-6-8-20)22-14-13-21-25(17(22)2)31-23(30-21)15-29-19-11-9-18(10-12-19)26(27)28/h4-14,29H,3,15-16H2,1-2H3,(H3,27,28)(H,30,31). The van der Waals surface area contributed by atoms with Crippen LogP contribution in [0.1, 0.15) is 23.9 Å². The highest BCUT2D eigenvalue weighted by molar-refractivity contribution is 7.92. The topological polar surface area (TPSA) is 154 Å². The van der Waals surface area contributed by atoms with Crippen molar-refractivity contribution in [2.45, 2.75) is 25.3 Å². The Hall–Kier alpha value is -4.38. The summed E-state index contributed by atoms with van der Waals surface area (Å²) in [5, 5.41) is 10.8. The summed E-state index contributed by atoms with van der Waals surface area (Å²) >= 11 is 0. The van der Waals surface area contributed by atoms with Gasteiger partial charge in [0.15, 0.2) is 0 Å². The number of esters is 1. The lowest BCUT2D eigenvalue weighted by Crippen LogP contribution is -2.37. The average Bonchev–Trinajstić information content (AvgIpc) is 3.32. The zero-order valence-electron chi connectivity index (χ0n) is 20.5. The molecule has 0 radical (unpaired) electrons. The minimum Gasteiger partial charge on any atom is -0.465 e. The van der Waals surface area contributed by atoms with Gasteiger partial charge in [0.05, 0.1) is 34.8 Å². The molecule has 0 saturated carbocycles. The van der Waals surface area contributed by atoms with E-state index in [2.05, 4.69) is 15.3 Å². The second-order valence-corrected chi connectivity index (χ2v) is 10.1. The number of carbonyl (C=O) groups is 1. The number of rotatable bonds is 10. The summed E-state index contributed by atoms with van der Waals surface area (Å²) in [4.78, 5) is 20.4. The number of ether oxygens (including phenoxy) is 1. The molecule has 37 heavy (non-hydrogen) atoms. The summed E-state index contributed by atoms with van der Waals surface area (Å²) in [6.07, 6.45) is 0. The zero-order chi connectivity index (χ0) is 26.6. The number of hydrogen-bond acceptors (Lipinski definition) is 7. The van der Waals surface area contributed by atoms with E-state index in [4.69, 9.17) is 15.9 Å². The Morgan fingerprint density at radius 1 is 1.11 bits per heavy atom. The van der Waals surface area contributed by atoms with Gasteiger partial charge in [-0.25, -0.2) is 13.4 Å². The van der Waals surface area contributed by atoms with E-state index in [0.29, 0.717) is 34.7 Å². The van der Waals surface area contributed by atoms with Crippen molar-refractivity contribution in [1.82, 2.24) is 9.97 Å². The van der Waals surface area contributed by atoms with Gasteiger partial charge in [0.1, 0.15) is 18.2 Å². The number of imidazole rings is 1. The molecule has 0 saturated heterocycles. The zero-order valence-corrected chi connectivity index (χ0v) is 21.3. The van der Waals surface area contributed by atoms with Crippen LogP contribution < -0.4 is 15.4 Å². The van der Waals surface area contributed by atoms with Crippen molar-refractivity contribution >= 4 is 44.2 Å². The smallest absolute Gasteiger partial charge is 0.326 e. The number of carbonyl (C=O) groups excluding carboxylic acids is 1. The Balaban J connectivity index is 1.65. The lowest BCUT2D eigenvalue weighted by Gasteiger charge is -2.25. The van der Waals surface area contributed by atoms with E-state index in [-0.39, 0.29) is 17.3 Å². The fourth-order valence-corrected chi connectivity index (χ4v) is 5.39. The van der Waals surface area contributed by atoms with Crippen LogP contribution in [0.4, 0.5) is 11.4 Å². The number of nitrogen functional groups attached to an aromatic ring is 1. The second-order valence-electron chi connectivity index (χ2n) is 8.26. The number of nitrogens with one attached hydrogen (secondary N) is 3. The molecule has 11 heteroatoms. The van der Waals surface area contributed by atoms with Gasteiger partial charge >= 0.3 is 5.97 Å². The number of nitrogens with two attached hydrogens (primary N) is 1. The summed E-state index contributed by atoms with van der Waals surface area (Å²) in [6, 6.07) is 18.5. The minimum atomic E-state index is -4.05. The number of aromatic nitrogens is 2. The van der Waals surface area contributed by atoms with E-state index < -0.39 is 22.5 Å². The van der Waals surface area contributed by atoms with Gasteiger partial charge in [-0.1, -0.05) is 18.2 Å². The Morgan fingerprint density at radius 3 is 2.46 bits per heavy atom. The van der Waals surface area contributed by atoms with Crippen molar-refractivity contribution in [1.29, 1.82) is 5.41 Å². The van der Waals surface area contributed by atoms with Gasteiger partial charge in [-0.3, -0.25) is 14.5 Å². The third-order valence-corrected chi connectivity index (χ3v) is 7.54. The van der Waals surface area contributed by atoms with Gasteiger partial charge in [-0.05, 0) is 62.4 Å². The van der Waals surface area contributed by atoms with E-state index in [9.17, 15) is 13.2 Å². The molecule has 4 rings (SSSR count). The maximum atomic E-state index is 13.6. The normalized spacial score (nSPS) is 11.3. The first-order chi connectivity index (χ1) is 17.7. The molecule has 0 atom stereocenters. The number of aromatic amines is 1. The van der Waals surface area contributed by atoms with E-state index in [1.165, 1.54) is 12.1 Å². The minimum absolute atomic E-state index is 0.00129. The van der Waals surface area contributed by atoms with Crippen LogP contribution in [0.5, 0.6) is 0 Å². The molecule has 192 valence electrons. The average molecular weight is 521 g/mol. The fourth-order valence-electron chi connectivity index (χ4n) is 3.90. The maximum absolute atomic E-state index is 13.6. The maximum Gasteiger partial charge on any atom is 0.326 e. The van der Waals surface area contributed by atoms with Crippen LogP contribution in [0.3, 0.4) is 0 Å². The van der Waals surface area contributed by atoms with E-state index in [0.717, 1.165) is 15.5 Å². The number of fused-ring (bicyclic) bond motifs is 1. The largest absolute Gasteiger partial charge is 0.465 e. The highest BCUT2D eigenvalue weighted by atomic mass is 32.2. The Bertz CT molecular complexity index is 1530. The highest BCUT2D eigenvalue weighted by Gasteiger charge is 2.29. The molecule has 0 aliphatic heterocycles. The molecule has 4 aromatic rings. The molecule has 5 N–H and O–H groups in total. The number of amidine groups is 1. The number of benzene rings is 3. The summed E-state index contributed by atoms with van der Waals surface area (Å²) < 4.78 is 33.2. The molecule has 0 aliphatic rings. The van der Waals surface area contributed by atoms with Crippen LogP contribution in [-0.2, 0) is 26.1 Å². The van der Waals surface area contributed by atoms with Crippen LogP contribution in [0.2, 0.25) is 0 Å². The fraction of sp³-hybridized carbons (Fsp3) is 0.192. The summed E-state index contributed by atoms with van der Waals surface area (Å²) in [7, 11) is -4.05. The Labute approximate surface area is 215 Å². The number of nitrogens with zero attached hydrogens (tertiary/aromatic N) is 2. The Morgan fingerprint density at radius 2 is 1.81 bits per heavy atom. The first-order valence-corrected chi connectivity index (χ1v) is 13.0. The summed E-state index contributed by atoms with van der Waals surface area (Å²) in [5.41, 5.74) is 9.25. The quantitative estimate of drug-likeness (QED) is 0.142. The van der Waals surface area contributed by atoms with Crippen LogP contribution >= 0.6 is 0 Å². The molecule has 10 nitrogen and oxygen atoms in total. The predicted octanol–water partition coefficient (Wildman–Crippen LogP) is 3.53. The third-order valence-electron chi connectivity index (χ3n) is 5.76. The molecule has 0 amide bonds. The van der Waals surface area contributed by atoms with E-state index >= 15 is 0 Å². The molecule has 0 unspecified atom stereocenters. The van der Waals surface area contributed by atoms with Crippen molar-refractivity contribution < 1.29 is 17.9 Å². The molecule has 3 aromatic carbocycles. The van der Waals surface area contributed by atoms with Crippen molar-refractivity contribution in [2.75, 3.05) is 22.8 Å². The number of anilines is 2. The monoisotopic (exact) mass is 520 g/mol. The van der Waals surface area contributed by atoms with Gasteiger partial charge < -0.3 is 20.8 Å². The second kappa shape index (κ2) is 10.7. The van der Waals surface area contributed by atoms with Crippen LogP contribution in [0.25, 0.3) is 11.0 Å². The molecule has 0 aliphatic carbocycles. The van der Waals surface area contributed by atoms with Crippen molar-refractivity contribution in [2.24, 2.45) is 5.73 Å². The molecular formula is C26H28N6O4S. The molecule has 0 fully saturated rings. The van der Waals surface area contributed by atoms with Crippen LogP contribution in [0.15, 0.2) is 71.6 Å². The number of sulfonamides is 1. The van der Waals surface area contributed by atoms with Crippen molar-refractivity contribution in [3.63, 3.8) is 0 Å². The number of H-pyrrole nitrogens is 1. The lowest BCUT2D eigenvalue weighted by molar-refractivity contribution is -0.141. The molecule has 0 spiro atoms. The number of hydrogen-bond donors (Lipinski definition) is 4. The molecular weight excluding hydrogens is 492 g/mol.